The number of pyridine rings is 1. The molecule has 0 aromatic carbocycles. The van der Waals surface area contributed by atoms with Gasteiger partial charge < -0.3 is 0 Å². The molecule has 1 fully saturated rings. The van der Waals surface area contributed by atoms with E-state index in [1.807, 2.05) is 5.10 Å². The summed E-state index contributed by atoms with van der Waals surface area (Å²) >= 11 is 0. The van der Waals surface area contributed by atoms with Gasteiger partial charge in [0.1, 0.15) is 5.69 Å². The first kappa shape index (κ1) is 23.0. The van der Waals surface area contributed by atoms with E-state index in [2.05, 4.69) is 15.2 Å². The van der Waals surface area contributed by atoms with E-state index in [0.29, 0.717) is 12.8 Å². The maximum atomic E-state index is 13.4. The van der Waals surface area contributed by atoms with Crippen molar-refractivity contribution in [3.05, 3.63) is 63.5 Å². The van der Waals surface area contributed by atoms with Gasteiger partial charge >= 0.3 is 12.4 Å². The standard InChI is InChI=1S/C21H19F6N5O/c22-20(23,24)15-7-4-8-28-17(15)11-32-19(33)13(12-5-2-1-3-6-12)9-16(31-32)14-10-29-30-18(14)21(25,26)27/h4,7-10,12H,1-3,5-6,11H2,(H,29,30). The number of rotatable bonds is 4. The van der Waals surface area contributed by atoms with E-state index in [4.69, 9.17) is 0 Å². The second-order valence-electron chi connectivity index (χ2n) is 7.93. The minimum absolute atomic E-state index is 0.194. The summed E-state index contributed by atoms with van der Waals surface area (Å²) in [6.45, 7) is -0.638. The molecule has 3 heterocycles. The Balaban J connectivity index is 1.87. The molecule has 0 bridgehead atoms. The highest BCUT2D eigenvalue weighted by atomic mass is 19.4. The van der Waals surface area contributed by atoms with Crippen LogP contribution in [0.4, 0.5) is 26.3 Å². The molecule has 0 spiro atoms. The molecule has 0 saturated heterocycles. The molecule has 0 unspecified atom stereocenters. The van der Waals surface area contributed by atoms with Gasteiger partial charge in [-0.2, -0.15) is 36.5 Å². The van der Waals surface area contributed by atoms with Crippen LogP contribution in [0.25, 0.3) is 11.3 Å². The van der Waals surface area contributed by atoms with Gasteiger partial charge in [0.2, 0.25) is 0 Å². The van der Waals surface area contributed by atoms with Gasteiger partial charge in [-0.3, -0.25) is 14.9 Å². The topological polar surface area (TPSA) is 76.5 Å². The lowest BCUT2D eigenvalue weighted by molar-refractivity contribution is -0.141. The van der Waals surface area contributed by atoms with E-state index in [9.17, 15) is 31.1 Å². The molecule has 6 nitrogen and oxygen atoms in total. The molecular weight excluding hydrogens is 452 g/mol. The van der Waals surface area contributed by atoms with E-state index in [1.54, 1.807) is 0 Å². The molecule has 3 aromatic rings. The maximum absolute atomic E-state index is 13.4. The molecule has 0 aliphatic heterocycles. The Morgan fingerprint density at radius 2 is 1.79 bits per heavy atom. The molecule has 0 radical (unpaired) electrons. The second kappa shape index (κ2) is 8.64. The number of alkyl halides is 6. The zero-order valence-electron chi connectivity index (χ0n) is 17.2. The summed E-state index contributed by atoms with van der Waals surface area (Å²) in [4.78, 5) is 16.9. The van der Waals surface area contributed by atoms with Crippen LogP contribution in [0.5, 0.6) is 0 Å². The van der Waals surface area contributed by atoms with Crippen LogP contribution in [0.1, 0.15) is 60.5 Å². The molecule has 0 atom stereocenters. The van der Waals surface area contributed by atoms with Crippen molar-refractivity contribution in [3.63, 3.8) is 0 Å². The molecule has 1 aliphatic carbocycles. The number of aromatic amines is 1. The SMILES string of the molecule is O=c1c(C2CCCCC2)cc(-c2cn[nH]c2C(F)(F)F)nn1Cc1ncccc1C(F)(F)F. The van der Waals surface area contributed by atoms with Gasteiger partial charge in [-0.1, -0.05) is 19.3 Å². The van der Waals surface area contributed by atoms with Crippen molar-refractivity contribution in [2.24, 2.45) is 0 Å². The molecule has 1 aliphatic rings. The zero-order chi connectivity index (χ0) is 23.8. The summed E-state index contributed by atoms with van der Waals surface area (Å²) in [6, 6.07) is 3.25. The third kappa shape index (κ3) is 4.79. The fourth-order valence-electron chi connectivity index (χ4n) is 4.17. The lowest BCUT2D eigenvalue weighted by atomic mass is 9.84. The number of nitrogens with zero attached hydrogens (tertiary/aromatic N) is 4. The van der Waals surface area contributed by atoms with Gasteiger partial charge in [0, 0.05) is 11.8 Å². The van der Waals surface area contributed by atoms with Gasteiger partial charge in [0.15, 0.2) is 0 Å². The number of aromatic nitrogens is 5. The molecule has 0 amide bonds. The maximum Gasteiger partial charge on any atom is 0.433 e. The Bertz CT molecular complexity index is 1190. The molecule has 4 rings (SSSR count). The highest BCUT2D eigenvalue weighted by Gasteiger charge is 2.37. The summed E-state index contributed by atoms with van der Waals surface area (Å²) in [5.41, 5.74) is -3.62. The number of hydrogen-bond donors (Lipinski definition) is 1. The molecule has 176 valence electrons. The average molecular weight is 471 g/mol. The lowest BCUT2D eigenvalue weighted by Crippen LogP contribution is -2.30. The van der Waals surface area contributed by atoms with Crippen LogP contribution >= 0.6 is 0 Å². The molecule has 33 heavy (non-hydrogen) atoms. The van der Waals surface area contributed by atoms with Crippen LogP contribution in [0.3, 0.4) is 0 Å². The summed E-state index contributed by atoms with van der Waals surface area (Å²) in [5.74, 6) is -0.216. The van der Waals surface area contributed by atoms with Crippen molar-refractivity contribution in [1.82, 2.24) is 25.0 Å². The second-order valence-corrected chi connectivity index (χ2v) is 7.93. The summed E-state index contributed by atoms with van der Waals surface area (Å²) in [7, 11) is 0. The third-order valence-corrected chi connectivity index (χ3v) is 5.74. The smallest absolute Gasteiger partial charge is 0.273 e. The van der Waals surface area contributed by atoms with Gasteiger partial charge in [-0.05, 0) is 37.0 Å². The minimum atomic E-state index is -4.76. The van der Waals surface area contributed by atoms with Gasteiger partial charge in [-0.15, -0.1) is 0 Å². The van der Waals surface area contributed by atoms with Gasteiger partial charge in [0.25, 0.3) is 5.56 Å². The van der Waals surface area contributed by atoms with E-state index < -0.39 is 41.4 Å². The predicted octanol–water partition coefficient (Wildman–Crippen LogP) is 5.16. The summed E-state index contributed by atoms with van der Waals surface area (Å²) in [6.07, 6.45) is -3.40. The largest absolute Gasteiger partial charge is 0.433 e. The molecule has 12 heteroatoms. The van der Waals surface area contributed by atoms with Crippen LogP contribution in [0.2, 0.25) is 0 Å². The van der Waals surface area contributed by atoms with E-state index in [-0.39, 0.29) is 22.7 Å². The Morgan fingerprint density at radius 3 is 2.45 bits per heavy atom. The normalized spacial score (nSPS) is 15.7. The monoisotopic (exact) mass is 471 g/mol. The van der Waals surface area contributed by atoms with Gasteiger partial charge in [0.05, 0.1) is 35.3 Å². The summed E-state index contributed by atoms with van der Waals surface area (Å²) < 4.78 is 81.3. The fourth-order valence-corrected chi connectivity index (χ4v) is 4.17. The molecular formula is C21H19F6N5O. The number of H-pyrrole nitrogens is 1. The third-order valence-electron chi connectivity index (χ3n) is 5.74. The average Bonchev–Trinajstić information content (AvgIpc) is 3.26. The van der Waals surface area contributed by atoms with Crippen LogP contribution in [0, 0.1) is 0 Å². The first-order valence-corrected chi connectivity index (χ1v) is 10.3. The Hall–Kier alpha value is -3.18. The first-order valence-electron chi connectivity index (χ1n) is 10.3. The van der Waals surface area contributed by atoms with Crippen molar-refractivity contribution < 1.29 is 26.3 Å². The van der Waals surface area contributed by atoms with Crippen LogP contribution in [-0.4, -0.2) is 25.0 Å². The number of hydrogen-bond acceptors (Lipinski definition) is 4. The Morgan fingerprint density at radius 1 is 1.06 bits per heavy atom. The lowest BCUT2D eigenvalue weighted by Gasteiger charge is -2.22. The van der Waals surface area contributed by atoms with Crippen LogP contribution in [0.15, 0.2) is 35.4 Å². The summed E-state index contributed by atoms with van der Waals surface area (Å²) in [5, 5.41) is 9.35. The van der Waals surface area contributed by atoms with Crippen LogP contribution < -0.4 is 5.56 Å². The number of halogens is 6. The first-order chi connectivity index (χ1) is 15.6. The van der Waals surface area contributed by atoms with E-state index in [0.717, 1.165) is 48.5 Å². The Labute approximate surface area is 183 Å². The van der Waals surface area contributed by atoms with E-state index >= 15 is 0 Å². The molecule has 1 N–H and O–H groups in total. The van der Waals surface area contributed by atoms with Crippen LogP contribution in [-0.2, 0) is 18.9 Å². The minimum Gasteiger partial charge on any atom is -0.273 e. The van der Waals surface area contributed by atoms with Crippen molar-refractivity contribution in [2.45, 2.75) is 56.9 Å². The number of nitrogens with one attached hydrogen (secondary N) is 1. The van der Waals surface area contributed by atoms with Gasteiger partial charge in [-0.25, -0.2) is 4.68 Å². The van der Waals surface area contributed by atoms with Crippen molar-refractivity contribution >= 4 is 0 Å². The van der Waals surface area contributed by atoms with Crippen molar-refractivity contribution in [2.75, 3.05) is 0 Å². The van der Waals surface area contributed by atoms with E-state index in [1.165, 1.54) is 6.07 Å². The Kier molecular flexibility index (Phi) is 6.02. The van der Waals surface area contributed by atoms with Crippen molar-refractivity contribution in [3.8, 4) is 11.3 Å². The molecule has 1 saturated carbocycles. The fraction of sp³-hybridized carbons (Fsp3) is 0.429. The quantitative estimate of drug-likeness (QED) is 0.534. The molecule has 3 aromatic heterocycles. The predicted molar refractivity (Wildman–Crippen MR) is 105 cm³/mol. The highest BCUT2D eigenvalue weighted by molar-refractivity contribution is 5.62. The zero-order valence-corrected chi connectivity index (χ0v) is 17.2. The van der Waals surface area contributed by atoms with Crippen molar-refractivity contribution in [1.29, 1.82) is 0 Å². The highest BCUT2D eigenvalue weighted by Crippen LogP contribution is 2.37.